The molecule has 6 nitrogen and oxygen atoms in total. The summed E-state index contributed by atoms with van der Waals surface area (Å²) in [6.45, 7) is 0.409. The normalized spacial score (nSPS) is 19.0. The minimum Gasteiger partial charge on any atom is -0.480 e. The van der Waals surface area contributed by atoms with Gasteiger partial charge in [0.2, 0.25) is 0 Å². The van der Waals surface area contributed by atoms with Gasteiger partial charge in [0.25, 0.3) is 5.91 Å². The maximum atomic E-state index is 12.5. The number of carboxylic acid groups (broad SMARTS) is 1. The van der Waals surface area contributed by atoms with Crippen molar-refractivity contribution in [3.8, 4) is 0 Å². The van der Waals surface area contributed by atoms with Gasteiger partial charge in [-0.05, 0) is 37.0 Å². The average molecular weight is 325 g/mol. The van der Waals surface area contributed by atoms with Crippen molar-refractivity contribution in [2.45, 2.75) is 31.1 Å². The molecule has 1 N–H and O–H groups in total. The Bertz CT molecular complexity index is 683. The number of nitrogens with zero attached hydrogens (tertiary/aromatic N) is 1. The average Bonchev–Trinajstić information content (AvgIpc) is 2.45. The second-order valence-corrected chi connectivity index (χ2v) is 7.76. The molecule has 2 rings (SSSR count). The van der Waals surface area contributed by atoms with Crippen molar-refractivity contribution < 1.29 is 23.1 Å². The largest absolute Gasteiger partial charge is 0.480 e. The molecule has 120 valence electrons. The van der Waals surface area contributed by atoms with Crippen LogP contribution in [0, 0.1) is 0 Å². The van der Waals surface area contributed by atoms with E-state index in [4.69, 9.17) is 0 Å². The van der Waals surface area contributed by atoms with Crippen LogP contribution in [-0.2, 0) is 20.4 Å². The molecule has 1 aliphatic heterocycles. The summed E-state index contributed by atoms with van der Waals surface area (Å²) in [5.74, 6) is -1.50. The number of hydrogen-bond acceptors (Lipinski definition) is 4. The summed E-state index contributed by atoms with van der Waals surface area (Å²) >= 11 is 0. The Labute approximate surface area is 129 Å². The Morgan fingerprint density at radius 1 is 1.32 bits per heavy atom. The fourth-order valence-corrected chi connectivity index (χ4v) is 3.48. The summed E-state index contributed by atoms with van der Waals surface area (Å²) in [5.41, 5.74) is 0.853. The fourth-order valence-electron chi connectivity index (χ4n) is 2.69. The third kappa shape index (κ3) is 4.07. The van der Waals surface area contributed by atoms with Gasteiger partial charge in [0.05, 0.1) is 5.75 Å². The molecule has 0 spiro atoms. The molecule has 1 aliphatic rings. The van der Waals surface area contributed by atoms with E-state index in [9.17, 15) is 23.1 Å². The predicted molar refractivity (Wildman–Crippen MR) is 81.3 cm³/mol. The molecule has 0 radical (unpaired) electrons. The molecule has 1 aromatic rings. The lowest BCUT2D eigenvalue weighted by molar-refractivity contribution is -0.143. The number of rotatable bonds is 4. The van der Waals surface area contributed by atoms with Crippen LogP contribution in [0.5, 0.6) is 0 Å². The summed E-state index contributed by atoms with van der Waals surface area (Å²) in [7, 11) is -3.19. The van der Waals surface area contributed by atoms with Crippen molar-refractivity contribution in [3.63, 3.8) is 0 Å². The highest BCUT2D eigenvalue weighted by Crippen LogP contribution is 2.20. The molecule has 1 amide bonds. The number of carbonyl (C=O) groups excluding carboxylic acids is 1. The van der Waals surface area contributed by atoms with Crippen LogP contribution >= 0.6 is 0 Å². The number of sulfone groups is 1. The first-order valence-corrected chi connectivity index (χ1v) is 9.14. The number of piperidine rings is 1. The lowest BCUT2D eigenvalue weighted by atomic mass is 10.0. The zero-order valence-electron chi connectivity index (χ0n) is 12.4. The molecular formula is C15H19NO5S. The molecule has 1 atom stereocenters. The summed E-state index contributed by atoms with van der Waals surface area (Å²) in [6.07, 6.45) is 3.14. The number of carboxylic acids is 1. The first kappa shape index (κ1) is 16.5. The van der Waals surface area contributed by atoms with Gasteiger partial charge in [-0.15, -0.1) is 0 Å². The van der Waals surface area contributed by atoms with Gasteiger partial charge in [0.1, 0.15) is 6.04 Å². The van der Waals surface area contributed by atoms with Gasteiger partial charge >= 0.3 is 5.97 Å². The van der Waals surface area contributed by atoms with Crippen LogP contribution in [0.25, 0.3) is 0 Å². The number of carbonyl (C=O) groups is 2. The predicted octanol–water partition coefficient (Wildman–Crippen LogP) is 1.31. The zero-order valence-corrected chi connectivity index (χ0v) is 13.2. The molecule has 1 heterocycles. The summed E-state index contributed by atoms with van der Waals surface area (Å²) in [5, 5.41) is 9.24. The van der Waals surface area contributed by atoms with Gasteiger partial charge in [0, 0.05) is 18.4 Å². The van der Waals surface area contributed by atoms with Crippen LogP contribution in [0.15, 0.2) is 24.3 Å². The molecule has 0 aromatic heterocycles. The second-order valence-electron chi connectivity index (χ2n) is 5.62. The second kappa shape index (κ2) is 6.48. The number of hydrogen-bond donors (Lipinski definition) is 1. The van der Waals surface area contributed by atoms with Crippen LogP contribution in [-0.4, -0.2) is 49.1 Å². The molecule has 0 saturated carbocycles. The van der Waals surface area contributed by atoms with Gasteiger partial charge in [0.15, 0.2) is 9.84 Å². The standard InChI is InChI=1S/C15H19NO5S/c1-22(20,21)10-11-5-4-6-12(9-11)14(17)16-8-3-2-7-13(16)15(18)19/h4-6,9,13H,2-3,7-8,10H2,1H3,(H,18,19). The van der Waals surface area contributed by atoms with Crippen molar-refractivity contribution in [3.05, 3.63) is 35.4 Å². The maximum absolute atomic E-state index is 12.5. The highest BCUT2D eigenvalue weighted by molar-refractivity contribution is 7.89. The van der Waals surface area contributed by atoms with Crippen molar-refractivity contribution >= 4 is 21.7 Å². The lowest BCUT2D eigenvalue weighted by Crippen LogP contribution is -2.48. The van der Waals surface area contributed by atoms with Gasteiger partial charge in [-0.3, -0.25) is 4.79 Å². The smallest absolute Gasteiger partial charge is 0.326 e. The molecule has 1 saturated heterocycles. The minimum atomic E-state index is -3.19. The van der Waals surface area contributed by atoms with E-state index >= 15 is 0 Å². The Morgan fingerprint density at radius 3 is 2.68 bits per heavy atom. The zero-order chi connectivity index (χ0) is 16.3. The highest BCUT2D eigenvalue weighted by Gasteiger charge is 2.32. The van der Waals surface area contributed by atoms with Crippen molar-refractivity contribution in [2.75, 3.05) is 12.8 Å². The first-order chi connectivity index (χ1) is 10.3. The van der Waals surface area contributed by atoms with Gasteiger partial charge in [-0.2, -0.15) is 0 Å². The van der Waals surface area contributed by atoms with Crippen molar-refractivity contribution in [1.29, 1.82) is 0 Å². The van der Waals surface area contributed by atoms with Crippen LogP contribution in [0.2, 0.25) is 0 Å². The highest BCUT2D eigenvalue weighted by atomic mass is 32.2. The molecule has 1 aromatic carbocycles. The summed E-state index contributed by atoms with van der Waals surface area (Å²) < 4.78 is 22.7. The molecule has 1 unspecified atom stereocenters. The van der Waals surface area contributed by atoms with E-state index in [1.165, 1.54) is 11.0 Å². The number of amides is 1. The summed E-state index contributed by atoms with van der Waals surface area (Å²) in [6, 6.07) is 5.56. The molecule has 7 heteroatoms. The van der Waals surface area contributed by atoms with Crippen LogP contribution in [0.3, 0.4) is 0 Å². The first-order valence-electron chi connectivity index (χ1n) is 7.08. The SMILES string of the molecule is CS(=O)(=O)Cc1cccc(C(=O)N2CCCCC2C(=O)O)c1. The summed E-state index contributed by atoms with van der Waals surface area (Å²) in [4.78, 5) is 25.2. The number of benzene rings is 1. The van der Waals surface area contributed by atoms with Crippen LogP contribution in [0.4, 0.5) is 0 Å². The Balaban J connectivity index is 2.25. The molecule has 22 heavy (non-hydrogen) atoms. The van der Waals surface area contributed by atoms with E-state index in [-0.39, 0.29) is 11.7 Å². The maximum Gasteiger partial charge on any atom is 0.326 e. The van der Waals surface area contributed by atoms with Crippen LogP contribution < -0.4 is 0 Å². The van der Waals surface area contributed by atoms with Gasteiger partial charge in [-0.25, -0.2) is 13.2 Å². The monoisotopic (exact) mass is 325 g/mol. The van der Waals surface area contributed by atoms with E-state index in [0.29, 0.717) is 24.1 Å². The Hall–Kier alpha value is -1.89. The quantitative estimate of drug-likeness (QED) is 0.901. The van der Waals surface area contributed by atoms with E-state index in [2.05, 4.69) is 0 Å². The van der Waals surface area contributed by atoms with E-state index in [1.54, 1.807) is 18.2 Å². The third-order valence-corrected chi connectivity index (χ3v) is 4.51. The fraction of sp³-hybridized carbons (Fsp3) is 0.467. The van der Waals surface area contributed by atoms with Gasteiger partial charge < -0.3 is 10.0 Å². The van der Waals surface area contributed by atoms with E-state index < -0.39 is 21.8 Å². The molecule has 1 fully saturated rings. The van der Waals surface area contributed by atoms with Crippen LogP contribution in [0.1, 0.15) is 35.2 Å². The van der Waals surface area contributed by atoms with Gasteiger partial charge in [-0.1, -0.05) is 12.1 Å². The molecular weight excluding hydrogens is 306 g/mol. The topological polar surface area (TPSA) is 91.8 Å². The van der Waals surface area contributed by atoms with E-state index in [0.717, 1.165) is 19.1 Å². The Kier molecular flexibility index (Phi) is 4.85. The number of aliphatic carboxylic acids is 1. The minimum absolute atomic E-state index is 0.142. The molecule has 0 aliphatic carbocycles. The molecule has 0 bridgehead atoms. The lowest BCUT2D eigenvalue weighted by Gasteiger charge is -2.33. The van der Waals surface area contributed by atoms with Crippen molar-refractivity contribution in [1.82, 2.24) is 4.90 Å². The number of likely N-dealkylation sites (tertiary alicyclic amines) is 1. The Morgan fingerprint density at radius 2 is 2.05 bits per heavy atom. The van der Waals surface area contributed by atoms with Crippen molar-refractivity contribution in [2.24, 2.45) is 0 Å². The van der Waals surface area contributed by atoms with E-state index in [1.807, 2.05) is 0 Å². The third-order valence-electron chi connectivity index (χ3n) is 3.65.